The third-order valence-electron chi connectivity index (χ3n) is 3.73. The van der Waals surface area contributed by atoms with Crippen molar-refractivity contribution in [2.24, 2.45) is 5.73 Å². The van der Waals surface area contributed by atoms with Crippen LogP contribution in [0.5, 0.6) is 0 Å². The van der Waals surface area contributed by atoms with E-state index in [4.69, 9.17) is 5.73 Å². The van der Waals surface area contributed by atoms with Gasteiger partial charge in [0.1, 0.15) is 0 Å². The summed E-state index contributed by atoms with van der Waals surface area (Å²) in [6, 6.07) is 14.9. The van der Waals surface area contributed by atoms with Gasteiger partial charge in [0.15, 0.2) is 0 Å². The number of nitrogens with zero attached hydrogens (tertiary/aromatic N) is 1. The first-order valence-corrected chi connectivity index (χ1v) is 6.94. The Bertz CT molecular complexity index is 674. The van der Waals surface area contributed by atoms with E-state index < -0.39 is 0 Å². The summed E-state index contributed by atoms with van der Waals surface area (Å²) in [4.78, 5) is 25.8. The zero-order valence-electron chi connectivity index (χ0n) is 11.6. The first-order valence-electron chi connectivity index (χ1n) is 6.94. The van der Waals surface area contributed by atoms with Crippen LogP contribution < -0.4 is 5.73 Å². The summed E-state index contributed by atoms with van der Waals surface area (Å²) in [5.74, 6) is -0.406. The van der Waals surface area contributed by atoms with Crippen LogP contribution in [0.1, 0.15) is 31.8 Å². The maximum absolute atomic E-state index is 12.2. The number of hydrogen-bond acceptors (Lipinski definition) is 3. The summed E-state index contributed by atoms with van der Waals surface area (Å²) in [7, 11) is 0. The van der Waals surface area contributed by atoms with Crippen LogP contribution in [-0.2, 0) is 13.0 Å². The van der Waals surface area contributed by atoms with Crippen molar-refractivity contribution in [3.8, 4) is 0 Å². The van der Waals surface area contributed by atoms with Crippen molar-refractivity contribution in [3.63, 3.8) is 0 Å². The standard InChI is InChI=1S/C17H16N2O2/c18-11-13-5-3-4-12(10-13)8-9-19-16(20)14-6-1-2-7-15(14)17(19)21/h1-7,10H,8-9,11,18H2. The Morgan fingerprint density at radius 3 is 2.10 bits per heavy atom. The highest BCUT2D eigenvalue weighted by Gasteiger charge is 2.34. The lowest BCUT2D eigenvalue weighted by molar-refractivity contribution is 0.0656. The van der Waals surface area contributed by atoms with Crippen LogP contribution >= 0.6 is 0 Å². The highest BCUT2D eigenvalue weighted by Crippen LogP contribution is 2.22. The Morgan fingerprint density at radius 2 is 1.48 bits per heavy atom. The average Bonchev–Trinajstić information content (AvgIpc) is 2.78. The van der Waals surface area contributed by atoms with Crippen LogP contribution in [0, 0.1) is 0 Å². The number of fused-ring (bicyclic) bond motifs is 1. The minimum absolute atomic E-state index is 0.203. The lowest BCUT2D eigenvalue weighted by Gasteiger charge is -2.14. The molecule has 1 aliphatic rings. The molecule has 0 radical (unpaired) electrons. The summed E-state index contributed by atoms with van der Waals surface area (Å²) in [5.41, 5.74) is 8.75. The van der Waals surface area contributed by atoms with E-state index in [-0.39, 0.29) is 11.8 Å². The Kier molecular flexibility index (Phi) is 3.54. The average molecular weight is 280 g/mol. The van der Waals surface area contributed by atoms with Gasteiger partial charge in [-0.25, -0.2) is 0 Å². The molecule has 0 unspecified atom stereocenters. The van der Waals surface area contributed by atoms with Crippen LogP contribution in [0.4, 0.5) is 0 Å². The van der Waals surface area contributed by atoms with Crippen LogP contribution in [0.3, 0.4) is 0 Å². The molecule has 21 heavy (non-hydrogen) atoms. The second-order valence-corrected chi connectivity index (χ2v) is 5.08. The molecule has 2 amide bonds. The monoisotopic (exact) mass is 280 g/mol. The second-order valence-electron chi connectivity index (χ2n) is 5.08. The SMILES string of the molecule is NCc1cccc(CCN2C(=O)c3ccccc3C2=O)c1. The number of carbonyl (C=O) groups excluding carboxylic acids is 2. The lowest BCUT2D eigenvalue weighted by atomic mass is 10.1. The first-order chi connectivity index (χ1) is 10.2. The first kappa shape index (κ1) is 13.5. The van der Waals surface area contributed by atoms with Crippen molar-refractivity contribution in [1.82, 2.24) is 4.90 Å². The predicted molar refractivity (Wildman–Crippen MR) is 79.8 cm³/mol. The number of benzene rings is 2. The molecule has 0 atom stereocenters. The lowest BCUT2D eigenvalue weighted by Crippen LogP contribution is -2.31. The van der Waals surface area contributed by atoms with Gasteiger partial charge in [-0.1, -0.05) is 36.4 Å². The van der Waals surface area contributed by atoms with Crippen molar-refractivity contribution < 1.29 is 9.59 Å². The van der Waals surface area contributed by atoms with Gasteiger partial charge in [-0.2, -0.15) is 0 Å². The third-order valence-corrected chi connectivity index (χ3v) is 3.73. The van der Waals surface area contributed by atoms with Gasteiger partial charge < -0.3 is 5.73 Å². The summed E-state index contributed by atoms with van der Waals surface area (Å²) in [6.07, 6.45) is 0.638. The molecule has 2 aromatic carbocycles. The highest BCUT2D eigenvalue weighted by molar-refractivity contribution is 6.21. The van der Waals surface area contributed by atoms with Crippen molar-refractivity contribution in [2.45, 2.75) is 13.0 Å². The molecule has 3 rings (SSSR count). The van der Waals surface area contributed by atoms with Crippen LogP contribution in [0.2, 0.25) is 0 Å². The minimum atomic E-state index is -0.203. The zero-order valence-corrected chi connectivity index (χ0v) is 11.6. The fraction of sp³-hybridized carbons (Fsp3) is 0.176. The van der Waals surface area contributed by atoms with E-state index in [2.05, 4.69) is 0 Å². The second kappa shape index (κ2) is 5.50. The molecule has 2 aromatic rings. The summed E-state index contributed by atoms with van der Waals surface area (Å²) >= 11 is 0. The topological polar surface area (TPSA) is 63.4 Å². The van der Waals surface area contributed by atoms with Crippen molar-refractivity contribution in [3.05, 3.63) is 70.8 Å². The Morgan fingerprint density at radius 1 is 0.857 bits per heavy atom. The minimum Gasteiger partial charge on any atom is -0.326 e. The van der Waals surface area contributed by atoms with Gasteiger partial charge in [0.2, 0.25) is 0 Å². The van der Waals surface area contributed by atoms with Gasteiger partial charge in [0.05, 0.1) is 11.1 Å². The van der Waals surface area contributed by atoms with Gasteiger partial charge >= 0.3 is 0 Å². The maximum Gasteiger partial charge on any atom is 0.261 e. The summed E-state index contributed by atoms with van der Waals surface area (Å²) in [6.45, 7) is 0.876. The number of imide groups is 1. The van der Waals surface area contributed by atoms with E-state index in [1.807, 2.05) is 24.3 Å². The molecule has 0 aliphatic carbocycles. The fourth-order valence-electron chi connectivity index (χ4n) is 2.60. The zero-order chi connectivity index (χ0) is 14.8. The molecule has 0 spiro atoms. The number of rotatable bonds is 4. The molecular formula is C17H16N2O2. The molecule has 0 saturated carbocycles. The van der Waals surface area contributed by atoms with Crippen LogP contribution in [-0.4, -0.2) is 23.3 Å². The smallest absolute Gasteiger partial charge is 0.261 e. The molecule has 0 aromatic heterocycles. The molecule has 4 heteroatoms. The third kappa shape index (κ3) is 2.45. The molecule has 0 bridgehead atoms. The molecule has 1 aliphatic heterocycles. The number of hydrogen-bond donors (Lipinski definition) is 1. The predicted octanol–water partition coefficient (Wildman–Crippen LogP) is 1.98. The highest BCUT2D eigenvalue weighted by atomic mass is 16.2. The van der Waals surface area contributed by atoms with Crippen molar-refractivity contribution >= 4 is 11.8 Å². The summed E-state index contributed by atoms with van der Waals surface area (Å²) in [5, 5.41) is 0. The molecule has 0 fully saturated rings. The van der Waals surface area contributed by atoms with Gasteiger partial charge in [0.25, 0.3) is 11.8 Å². The Balaban J connectivity index is 1.75. The number of nitrogens with two attached hydrogens (primary N) is 1. The van der Waals surface area contributed by atoms with Crippen LogP contribution in [0.15, 0.2) is 48.5 Å². The Hall–Kier alpha value is -2.46. The van der Waals surface area contributed by atoms with E-state index in [1.165, 1.54) is 4.90 Å². The van der Waals surface area contributed by atoms with Gasteiger partial charge in [-0.15, -0.1) is 0 Å². The van der Waals surface area contributed by atoms with Gasteiger partial charge in [-0.05, 0) is 29.7 Å². The van der Waals surface area contributed by atoms with E-state index in [0.29, 0.717) is 30.6 Å². The largest absolute Gasteiger partial charge is 0.326 e. The Labute approximate surface area is 123 Å². The van der Waals surface area contributed by atoms with Gasteiger partial charge in [-0.3, -0.25) is 14.5 Å². The number of carbonyl (C=O) groups is 2. The fourth-order valence-corrected chi connectivity index (χ4v) is 2.60. The molecule has 4 nitrogen and oxygen atoms in total. The summed E-state index contributed by atoms with van der Waals surface area (Å²) < 4.78 is 0. The van der Waals surface area contributed by atoms with Crippen molar-refractivity contribution in [2.75, 3.05) is 6.54 Å². The molecule has 106 valence electrons. The quantitative estimate of drug-likeness (QED) is 0.871. The van der Waals surface area contributed by atoms with Crippen LogP contribution in [0.25, 0.3) is 0 Å². The van der Waals surface area contributed by atoms with E-state index in [1.54, 1.807) is 24.3 Å². The molecule has 2 N–H and O–H groups in total. The molecular weight excluding hydrogens is 264 g/mol. The molecule has 1 heterocycles. The number of amides is 2. The van der Waals surface area contributed by atoms with Gasteiger partial charge in [0, 0.05) is 13.1 Å². The normalized spacial score (nSPS) is 13.7. The van der Waals surface area contributed by atoms with E-state index in [9.17, 15) is 9.59 Å². The molecule has 0 saturated heterocycles. The maximum atomic E-state index is 12.2. The van der Waals surface area contributed by atoms with E-state index >= 15 is 0 Å². The van der Waals surface area contributed by atoms with E-state index in [0.717, 1.165) is 11.1 Å². The van der Waals surface area contributed by atoms with Crippen molar-refractivity contribution in [1.29, 1.82) is 0 Å².